The van der Waals surface area contributed by atoms with E-state index in [-0.39, 0.29) is 34.4 Å². The van der Waals surface area contributed by atoms with Gasteiger partial charge in [-0.05, 0) is 31.9 Å². The first-order valence-electron chi connectivity index (χ1n) is 6.55. The van der Waals surface area contributed by atoms with Gasteiger partial charge in [-0.1, -0.05) is 11.6 Å². The van der Waals surface area contributed by atoms with Crippen molar-refractivity contribution in [3.8, 4) is 0 Å². The smallest absolute Gasteiger partial charge is 0.225 e. The Balaban J connectivity index is 1.83. The van der Waals surface area contributed by atoms with Crippen LogP contribution in [0.2, 0.25) is 10.4 Å². The van der Waals surface area contributed by atoms with E-state index < -0.39 is 11.9 Å². The fourth-order valence-corrected chi connectivity index (χ4v) is 3.18. The SMILES string of the molecule is CC1(C)O[C@@H]2[C@H](O1)[C@@H](O)C[C@H]2Nc1nc(Cl)nc(Cl)c1N. The minimum atomic E-state index is -0.733. The van der Waals surface area contributed by atoms with Crippen LogP contribution in [0.15, 0.2) is 0 Å². The quantitative estimate of drug-likeness (QED) is 0.555. The Hall–Kier alpha value is -0.860. The molecule has 0 spiro atoms. The zero-order valence-electron chi connectivity index (χ0n) is 11.5. The van der Waals surface area contributed by atoms with Gasteiger partial charge in [-0.3, -0.25) is 0 Å². The summed E-state index contributed by atoms with van der Waals surface area (Å²) in [5.41, 5.74) is 6.05. The van der Waals surface area contributed by atoms with Crippen molar-refractivity contribution >= 4 is 34.7 Å². The monoisotopic (exact) mass is 334 g/mol. The van der Waals surface area contributed by atoms with E-state index in [2.05, 4.69) is 15.3 Å². The molecule has 0 radical (unpaired) electrons. The van der Waals surface area contributed by atoms with E-state index >= 15 is 0 Å². The normalized spacial score (nSPS) is 34.0. The number of nitrogens with one attached hydrogen (secondary N) is 1. The summed E-state index contributed by atoms with van der Waals surface area (Å²) in [5.74, 6) is -0.408. The molecule has 9 heteroatoms. The number of hydrogen-bond donors (Lipinski definition) is 3. The van der Waals surface area contributed by atoms with Gasteiger partial charge in [0.15, 0.2) is 16.8 Å². The molecule has 1 aliphatic heterocycles. The number of aliphatic hydroxyl groups is 1. The molecule has 1 saturated heterocycles. The van der Waals surface area contributed by atoms with E-state index in [4.69, 9.17) is 38.4 Å². The third-order valence-electron chi connectivity index (χ3n) is 3.63. The van der Waals surface area contributed by atoms with E-state index in [1.54, 1.807) is 0 Å². The van der Waals surface area contributed by atoms with Crippen LogP contribution in [0.1, 0.15) is 20.3 Å². The van der Waals surface area contributed by atoms with Gasteiger partial charge in [-0.15, -0.1) is 0 Å². The number of aromatic nitrogens is 2. The molecule has 2 aliphatic rings. The summed E-state index contributed by atoms with van der Waals surface area (Å²) in [6.07, 6.45) is -0.860. The summed E-state index contributed by atoms with van der Waals surface area (Å²) in [6.45, 7) is 3.61. The molecule has 0 bridgehead atoms. The number of ether oxygens (including phenoxy) is 2. The number of anilines is 2. The predicted molar refractivity (Wildman–Crippen MR) is 78.3 cm³/mol. The molecule has 1 aromatic rings. The number of nitrogen functional groups attached to an aromatic ring is 1. The third kappa shape index (κ3) is 2.76. The molecule has 1 saturated carbocycles. The largest absolute Gasteiger partial charge is 0.393 e. The number of hydrogen-bond acceptors (Lipinski definition) is 7. The molecule has 116 valence electrons. The lowest BCUT2D eigenvalue weighted by molar-refractivity contribution is -0.162. The molecule has 0 aromatic carbocycles. The van der Waals surface area contributed by atoms with Gasteiger partial charge in [-0.2, -0.15) is 4.98 Å². The van der Waals surface area contributed by atoms with Gasteiger partial charge >= 0.3 is 0 Å². The Bertz CT molecular complexity index is 572. The van der Waals surface area contributed by atoms with Crippen molar-refractivity contribution in [2.75, 3.05) is 11.1 Å². The van der Waals surface area contributed by atoms with Gasteiger partial charge in [-0.25, -0.2) is 4.98 Å². The highest BCUT2D eigenvalue weighted by Crippen LogP contribution is 2.40. The molecule has 0 unspecified atom stereocenters. The predicted octanol–water partition coefficient (Wildman–Crippen LogP) is 1.43. The van der Waals surface area contributed by atoms with Crippen molar-refractivity contribution < 1.29 is 14.6 Å². The van der Waals surface area contributed by atoms with Crippen LogP contribution in [0, 0.1) is 0 Å². The van der Waals surface area contributed by atoms with Gasteiger partial charge < -0.3 is 25.6 Å². The zero-order chi connectivity index (χ0) is 15.4. The number of aliphatic hydroxyl groups excluding tert-OH is 1. The maximum Gasteiger partial charge on any atom is 0.225 e. The Morgan fingerprint density at radius 1 is 1.29 bits per heavy atom. The number of fused-ring (bicyclic) bond motifs is 1. The van der Waals surface area contributed by atoms with E-state index in [9.17, 15) is 5.11 Å². The van der Waals surface area contributed by atoms with Crippen molar-refractivity contribution in [3.63, 3.8) is 0 Å². The van der Waals surface area contributed by atoms with E-state index in [0.717, 1.165) is 0 Å². The molecule has 1 aromatic heterocycles. The zero-order valence-corrected chi connectivity index (χ0v) is 13.0. The van der Waals surface area contributed by atoms with Gasteiger partial charge in [0.05, 0.1) is 12.1 Å². The van der Waals surface area contributed by atoms with Crippen molar-refractivity contribution in [1.82, 2.24) is 9.97 Å². The summed E-state index contributed by atoms with van der Waals surface area (Å²) in [5, 5.41) is 13.3. The average Bonchev–Trinajstić information content (AvgIpc) is 2.82. The van der Waals surface area contributed by atoms with Crippen molar-refractivity contribution in [1.29, 1.82) is 0 Å². The standard InChI is InChI=1S/C12H16Cl2N4O3/c1-12(2)20-7-4(3-5(19)8(7)21-12)16-10-6(15)9(13)17-11(14)18-10/h4-5,7-8,19H,3,15H2,1-2H3,(H,16,17,18)/t4-,5+,7+,8-/m1/s1. The summed E-state index contributed by atoms with van der Waals surface area (Å²) in [7, 11) is 0. The molecule has 3 rings (SSSR count). The van der Waals surface area contributed by atoms with Crippen LogP contribution in [0.5, 0.6) is 0 Å². The fraction of sp³-hybridized carbons (Fsp3) is 0.667. The topological polar surface area (TPSA) is 103 Å². The molecule has 4 N–H and O–H groups in total. The van der Waals surface area contributed by atoms with Crippen LogP contribution in [0.25, 0.3) is 0 Å². The molecular formula is C12H16Cl2N4O3. The highest BCUT2D eigenvalue weighted by molar-refractivity contribution is 6.34. The van der Waals surface area contributed by atoms with Crippen LogP contribution in [-0.2, 0) is 9.47 Å². The Morgan fingerprint density at radius 3 is 2.67 bits per heavy atom. The van der Waals surface area contributed by atoms with Gasteiger partial charge in [0, 0.05) is 0 Å². The second kappa shape index (κ2) is 5.10. The second-order valence-corrected chi connectivity index (χ2v) is 6.36. The lowest BCUT2D eigenvalue weighted by atomic mass is 10.2. The maximum atomic E-state index is 10.1. The molecule has 7 nitrogen and oxygen atoms in total. The highest BCUT2D eigenvalue weighted by atomic mass is 35.5. The average molecular weight is 335 g/mol. The molecule has 2 fully saturated rings. The Kier molecular flexibility index (Phi) is 3.66. The molecule has 4 atom stereocenters. The van der Waals surface area contributed by atoms with Crippen molar-refractivity contribution in [2.45, 2.75) is 50.4 Å². The number of rotatable bonds is 2. The lowest BCUT2D eigenvalue weighted by Gasteiger charge is -2.23. The second-order valence-electron chi connectivity index (χ2n) is 5.66. The van der Waals surface area contributed by atoms with Crippen LogP contribution in [-0.4, -0.2) is 45.2 Å². The van der Waals surface area contributed by atoms with Gasteiger partial charge in [0.1, 0.15) is 17.9 Å². The minimum Gasteiger partial charge on any atom is -0.393 e. The van der Waals surface area contributed by atoms with Crippen LogP contribution in [0.4, 0.5) is 11.5 Å². The van der Waals surface area contributed by atoms with E-state index in [1.807, 2.05) is 13.8 Å². The summed E-state index contributed by atoms with van der Waals surface area (Å²) < 4.78 is 11.5. The number of nitrogens with zero attached hydrogens (tertiary/aromatic N) is 2. The van der Waals surface area contributed by atoms with Crippen LogP contribution >= 0.6 is 23.2 Å². The summed E-state index contributed by atoms with van der Waals surface area (Å²) in [4.78, 5) is 7.79. The number of nitrogens with two attached hydrogens (primary N) is 1. The number of halogens is 2. The first kappa shape index (κ1) is 15.1. The fourth-order valence-electron chi connectivity index (χ4n) is 2.80. The van der Waals surface area contributed by atoms with Crippen LogP contribution in [0.3, 0.4) is 0 Å². The molecular weight excluding hydrogens is 319 g/mol. The lowest BCUT2D eigenvalue weighted by Crippen LogP contribution is -2.35. The molecule has 21 heavy (non-hydrogen) atoms. The minimum absolute atomic E-state index is 0.00397. The highest BCUT2D eigenvalue weighted by Gasteiger charge is 2.53. The summed E-state index contributed by atoms with van der Waals surface area (Å²) in [6, 6.07) is -0.212. The first-order valence-corrected chi connectivity index (χ1v) is 7.31. The van der Waals surface area contributed by atoms with E-state index in [0.29, 0.717) is 12.2 Å². The molecule has 0 amide bonds. The summed E-state index contributed by atoms with van der Waals surface area (Å²) >= 11 is 11.7. The van der Waals surface area contributed by atoms with Crippen molar-refractivity contribution in [3.05, 3.63) is 10.4 Å². The third-order valence-corrected chi connectivity index (χ3v) is 4.09. The van der Waals surface area contributed by atoms with Crippen molar-refractivity contribution in [2.24, 2.45) is 0 Å². The van der Waals surface area contributed by atoms with Gasteiger partial charge in [0.25, 0.3) is 0 Å². The van der Waals surface area contributed by atoms with Crippen LogP contribution < -0.4 is 11.1 Å². The molecule has 2 heterocycles. The molecule has 1 aliphatic carbocycles. The first-order chi connectivity index (χ1) is 9.77. The Morgan fingerprint density at radius 2 is 1.95 bits per heavy atom. The maximum absolute atomic E-state index is 10.1. The van der Waals surface area contributed by atoms with Gasteiger partial charge in [0.2, 0.25) is 5.28 Å². The van der Waals surface area contributed by atoms with E-state index in [1.165, 1.54) is 0 Å². The Labute approximate surface area is 131 Å².